The molecule has 1 aliphatic heterocycles. The molecule has 0 aliphatic carbocycles. The number of rotatable bonds is 4. The molecule has 2 heteroatoms. The fraction of sp³-hybridized carbons (Fsp3) is 0.333. The van der Waals surface area contributed by atoms with Gasteiger partial charge in [-0.1, -0.05) is 54.6 Å². The normalized spacial score (nSPS) is 18.9. The quantitative estimate of drug-likeness (QED) is 0.913. The molecule has 0 spiro atoms. The number of nitrogens with one attached hydrogen (secondary N) is 1. The summed E-state index contributed by atoms with van der Waals surface area (Å²) in [4.78, 5) is 0. The van der Waals surface area contributed by atoms with Crippen molar-refractivity contribution in [3.8, 4) is 11.1 Å². The predicted octanol–water partition coefficient (Wildman–Crippen LogP) is 3.62. The third-order valence-electron chi connectivity index (χ3n) is 3.80. The minimum Gasteiger partial charge on any atom is -0.372 e. The second-order valence-corrected chi connectivity index (χ2v) is 5.34. The standard InChI is InChI=1S/C18H21NO/c1-2-5-16(6-3-1)17-10-8-15(9-11-17)14-20-18-7-4-12-19-13-18/h1-3,5-6,8-11,18-19H,4,7,12-14H2/t18-/m1/s1. The van der Waals surface area contributed by atoms with Gasteiger partial charge in [0.05, 0.1) is 12.7 Å². The number of hydrogen-bond donors (Lipinski definition) is 1. The van der Waals surface area contributed by atoms with E-state index < -0.39 is 0 Å². The summed E-state index contributed by atoms with van der Waals surface area (Å²) in [7, 11) is 0. The molecule has 2 nitrogen and oxygen atoms in total. The van der Waals surface area contributed by atoms with E-state index in [0.29, 0.717) is 12.7 Å². The molecule has 1 N–H and O–H groups in total. The molecule has 1 aliphatic rings. The lowest BCUT2D eigenvalue weighted by atomic mass is 10.0. The van der Waals surface area contributed by atoms with Crippen LogP contribution >= 0.6 is 0 Å². The lowest BCUT2D eigenvalue weighted by Gasteiger charge is -2.23. The van der Waals surface area contributed by atoms with Gasteiger partial charge in [0.15, 0.2) is 0 Å². The van der Waals surface area contributed by atoms with Crippen molar-refractivity contribution in [1.82, 2.24) is 5.32 Å². The monoisotopic (exact) mass is 267 g/mol. The van der Waals surface area contributed by atoms with E-state index in [9.17, 15) is 0 Å². The molecular weight excluding hydrogens is 246 g/mol. The van der Waals surface area contributed by atoms with E-state index in [1.807, 2.05) is 6.07 Å². The Morgan fingerprint density at radius 1 is 0.950 bits per heavy atom. The van der Waals surface area contributed by atoms with Crippen molar-refractivity contribution in [1.29, 1.82) is 0 Å². The van der Waals surface area contributed by atoms with E-state index in [1.165, 1.54) is 29.5 Å². The molecule has 1 saturated heterocycles. The highest BCUT2D eigenvalue weighted by Crippen LogP contribution is 2.20. The molecule has 20 heavy (non-hydrogen) atoms. The number of hydrogen-bond acceptors (Lipinski definition) is 2. The van der Waals surface area contributed by atoms with E-state index in [0.717, 1.165) is 13.1 Å². The molecule has 0 bridgehead atoms. The van der Waals surface area contributed by atoms with Crippen molar-refractivity contribution in [2.24, 2.45) is 0 Å². The van der Waals surface area contributed by atoms with Gasteiger partial charge in [-0.3, -0.25) is 0 Å². The first-order valence-corrected chi connectivity index (χ1v) is 7.38. The Morgan fingerprint density at radius 2 is 1.70 bits per heavy atom. The summed E-state index contributed by atoms with van der Waals surface area (Å²) >= 11 is 0. The van der Waals surface area contributed by atoms with Crippen molar-refractivity contribution >= 4 is 0 Å². The Labute approximate surface area is 120 Å². The Hall–Kier alpha value is -1.64. The molecule has 0 aromatic heterocycles. The molecule has 0 amide bonds. The van der Waals surface area contributed by atoms with Crippen molar-refractivity contribution in [2.45, 2.75) is 25.6 Å². The maximum Gasteiger partial charge on any atom is 0.0721 e. The number of piperidine rings is 1. The summed E-state index contributed by atoms with van der Waals surface area (Å²) in [5.41, 5.74) is 3.76. The van der Waals surface area contributed by atoms with Crippen LogP contribution in [0.5, 0.6) is 0 Å². The number of benzene rings is 2. The van der Waals surface area contributed by atoms with Crippen LogP contribution in [-0.2, 0) is 11.3 Å². The van der Waals surface area contributed by atoms with Gasteiger partial charge in [0.2, 0.25) is 0 Å². The molecule has 3 rings (SSSR count). The fourth-order valence-electron chi connectivity index (χ4n) is 2.60. The molecule has 1 atom stereocenters. The third-order valence-corrected chi connectivity index (χ3v) is 3.80. The van der Waals surface area contributed by atoms with Gasteiger partial charge >= 0.3 is 0 Å². The lowest BCUT2D eigenvalue weighted by molar-refractivity contribution is 0.0253. The Morgan fingerprint density at radius 3 is 2.40 bits per heavy atom. The van der Waals surface area contributed by atoms with Gasteiger partial charge < -0.3 is 10.1 Å². The zero-order valence-electron chi connectivity index (χ0n) is 11.7. The summed E-state index contributed by atoms with van der Waals surface area (Å²) in [6, 6.07) is 19.1. The van der Waals surface area contributed by atoms with Crippen molar-refractivity contribution in [3.05, 3.63) is 60.2 Å². The third kappa shape index (κ3) is 3.47. The van der Waals surface area contributed by atoms with Crippen LogP contribution in [0.25, 0.3) is 11.1 Å². The maximum atomic E-state index is 5.95. The Kier molecular flexibility index (Phi) is 4.46. The topological polar surface area (TPSA) is 21.3 Å². The van der Waals surface area contributed by atoms with Gasteiger partial charge in [0.25, 0.3) is 0 Å². The zero-order valence-corrected chi connectivity index (χ0v) is 11.7. The smallest absolute Gasteiger partial charge is 0.0721 e. The molecule has 104 valence electrons. The van der Waals surface area contributed by atoms with Crippen LogP contribution in [0.2, 0.25) is 0 Å². The summed E-state index contributed by atoms with van der Waals surface area (Å²) < 4.78 is 5.95. The summed E-state index contributed by atoms with van der Waals surface area (Å²) in [6.07, 6.45) is 2.77. The lowest BCUT2D eigenvalue weighted by Crippen LogP contribution is -2.35. The van der Waals surface area contributed by atoms with Crippen LogP contribution in [0.15, 0.2) is 54.6 Å². The predicted molar refractivity (Wildman–Crippen MR) is 82.6 cm³/mol. The maximum absolute atomic E-state index is 5.95. The van der Waals surface area contributed by atoms with Crippen LogP contribution in [-0.4, -0.2) is 19.2 Å². The molecule has 2 aromatic rings. The molecule has 0 unspecified atom stereocenters. The van der Waals surface area contributed by atoms with E-state index >= 15 is 0 Å². The summed E-state index contributed by atoms with van der Waals surface area (Å²) in [5, 5.41) is 3.38. The zero-order chi connectivity index (χ0) is 13.6. The average Bonchev–Trinajstić information content (AvgIpc) is 2.55. The van der Waals surface area contributed by atoms with Gasteiger partial charge in [-0.25, -0.2) is 0 Å². The van der Waals surface area contributed by atoms with Crippen molar-refractivity contribution in [2.75, 3.05) is 13.1 Å². The first-order chi connectivity index (χ1) is 9.92. The molecule has 0 saturated carbocycles. The highest BCUT2D eigenvalue weighted by Gasteiger charge is 2.12. The molecule has 2 aromatic carbocycles. The first kappa shape index (κ1) is 13.3. The minimum absolute atomic E-state index is 0.373. The van der Waals surface area contributed by atoms with Gasteiger partial charge in [-0.2, -0.15) is 0 Å². The van der Waals surface area contributed by atoms with Crippen LogP contribution in [0, 0.1) is 0 Å². The van der Waals surface area contributed by atoms with E-state index in [2.05, 4.69) is 53.8 Å². The van der Waals surface area contributed by atoms with Gasteiger partial charge in [-0.05, 0) is 36.1 Å². The summed E-state index contributed by atoms with van der Waals surface area (Å²) in [5.74, 6) is 0. The van der Waals surface area contributed by atoms with Gasteiger partial charge in [0, 0.05) is 6.54 Å². The molecule has 1 fully saturated rings. The highest BCUT2D eigenvalue weighted by molar-refractivity contribution is 5.63. The van der Waals surface area contributed by atoms with E-state index in [1.54, 1.807) is 0 Å². The second kappa shape index (κ2) is 6.69. The van der Waals surface area contributed by atoms with Crippen LogP contribution in [0.1, 0.15) is 18.4 Å². The first-order valence-electron chi connectivity index (χ1n) is 7.38. The van der Waals surface area contributed by atoms with Gasteiger partial charge in [-0.15, -0.1) is 0 Å². The van der Waals surface area contributed by atoms with Crippen molar-refractivity contribution < 1.29 is 4.74 Å². The average molecular weight is 267 g/mol. The van der Waals surface area contributed by atoms with Crippen LogP contribution < -0.4 is 5.32 Å². The van der Waals surface area contributed by atoms with E-state index in [-0.39, 0.29) is 0 Å². The largest absolute Gasteiger partial charge is 0.372 e. The van der Waals surface area contributed by atoms with Gasteiger partial charge in [0.1, 0.15) is 0 Å². The minimum atomic E-state index is 0.373. The Bertz CT molecular complexity index is 515. The molecular formula is C18H21NO. The van der Waals surface area contributed by atoms with Crippen LogP contribution in [0.4, 0.5) is 0 Å². The summed E-state index contributed by atoms with van der Waals surface area (Å²) in [6.45, 7) is 2.83. The number of ether oxygens (including phenoxy) is 1. The second-order valence-electron chi connectivity index (χ2n) is 5.34. The highest BCUT2D eigenvalue weighted by atomic mass is 16.5. The van der Waals surface area contributed by atoms with E-state index in [4.69, 9.17) is 4.74 Å². The van der Waals surface area contributed by atoms with Crippen molar-refractivity contribution in [3.63, 3.8) is 0 Å². The fourth-order valence-corrected chi connectivity index (χ4v) is 2.60. The van der Waals surface area contributed by atoms with Crippen LogP contribution in [0.3, 0.4) is 0 Å². The molecule has 0 radical (unpaired) electrons. The molecule has 1 heterocycles. The Balaban J connectivity index is 1.58. The SMILES string of the molecule is c1ccc(-c2ccc(CO[C@@H]3CCCNC3)cc2)cc1.